The second-order valence-corrected chi connectivity index (χ2v) is 4.63. The van der Waals surface area contributed by atoms with Gasteiger partial charge in [0.15, 0.2) is 5.76 Å². The highest BCUT2D eigenvalue weighted by Gasteiger charge is 2.39. The van der Waals surface area contributed by atoms with Crippen molar-refractivity contribution in [1.29, 1.82) is 0 Å². The number of carbonyl (C=O) groups is 1. The van der Waals surface area contributed by atoms with Crippen LogP contribution in [0.3, 0.4) is 0 Å². The topological polar surface area (TPSA) is 45.5 Å². The standard InChI is InChI=1S/C12H18N2O2/c1-14(2)12(6-4-7-12)9-13-11(15)10-5-3-8-16-10/h3,5,8H,4,6-7,9H2,1-2H3,(H,13,15). The highest BCUT2D eigenvalue weighted by Crippen LogP contribution is 2.35. The summed E-state index contributed by atoms with van der Waals surface area (Å²) in [7, 11) is 4.14. The van der Waals surface area contributed by atoms with E-state index in [1.807, 2.05) is 0 Å². The van der Waals surface area contributed by atoms with Gasteiger partial charge >= 0.3 is 0 Å². The normalized spacial score (nSPS) is 18.2. The molecule has 0 saturated heterocycles. The number of rotatable bonds is 4. The number of nitrogens with zero attached hydrogens (tertiary/aromatic N) is 1. The Bertz CT molecular complexity index is 353. The molecule has 0 spiro atoms. The summed E-state index contributed by atoms with van der Waals surface area (Å²) in [5.74, 6) is 0.256. The van der Waals surface area contributed by atoms with E-state index in [0.717, 1.165) is 12.8 Å². The van der Waals surface area contributed by atoms with Crippen molar-refractivity contribution in [3.05, 3.63) is 24.2 Å². The molecule has 0 aliphatic heterocycles. The van der Waals surface area contributed by atoms with Crippen molar-refractivity contribution in [2.24, 2.45) is 0 Å². The Hall–Kier alpha value is -1.29. The summed E-state index contributed by atoms with van der Waals surface area (Å²) >= 11 is 0. The summed E-state index contributed by atoms with van der Waals surface area (Å²) in [5.41, 5.74) is 0.155. The summed E-state index contributed by atoms with van der Waals surface area (Å²) in [4.78, 5) is 13.9. The van der Waals surface area contributed by atoms with Crippen molar-refractivity contribution < 1.29 is 9.21 Å². The number of likely N-dealkylation sites (N-methyl/N-ethyl adjacent to an activating group) is 1. The van der Waals surface area contributed by atoms with Crippen LogP contribution in [0.25, 0.3) is 0 Å². The zero-order chi connectivity index (χ0) is 11.6. The number of amides is 1. The van der Waals surface area contributed by atoms with Crippen LogP contribution in [-0.4, -0.2) is 37.0 Å². The molecule has 0 bridgehead atoms. The van der Waals surface area contributed by atoms with Gasteiger partial charge in [-0.2, -0.15) is 0 Å². The van der Waals surface area contributed by atoms with Crippen molar-refractivity contribution in [2.45, 2.75) is 24.8 Å². The second-order valence-electron chi connectivity index (χ2n) is 4.63. The molecule has 88 valence electrons. The molecule has 0 radical (unpaired) electrons. The fraction of sp³-hybridized carbons (Fsp3) is 0.583. The molecule has 0 unspecified atom stereocenters. The molecule has 0 aromatic carbocycles. The summed E-state index contributed by atoms with van der Waals surface area (Å²) in [6, 6.07) is 3.40. The van der Waals surface area contributed by atoms with E-state index in [9.17, 15) is 4.79 Å². The maximum atomic E-state index is 11.7. The summed E-state index contributed by atoms with van der Waals surface area (Å²) in [6.45, 7) is 0.694. The predicted molar refractivity (Wildman–Crippen MR) is 61.3 cm³/mol. The van der Waals surface area contributed by atoms with Crippen LogP contribution in [0.1, 0.15) is 29.8 Å². The molecule has 1 heterocycles. The molecule has 1 N–H and O–H groups in total. The third kappa shape index (κ3) is 1.97. The van der Waals surface area contributed by atoms with E-state index in [1.165, 1.54) is 12.7 Å². The lowest BCUT2D eigenvalue weighted by Crippen LogP contribution is -2.57. The van der Waals surface area contributed by atoms with Gasteiger partial charge in [0.05, 0.1) is 6.26 Å². The molecule has 4 heteroatoms. The zero-order valence-electron chi connectivity index (χ0n) is 9.82. The molecule has 4 nitrogen and oxygen atoms in total. The van der Waals surface area contributed by atoms with Gasteiger partial charge in [-0.3, -0.25) is 4.79 Å². The molecule has 1 aliphatic carbocycles. The van der Waals surface area contributed by atoms with E-state index in [4.69, 9.17) is 4.42 Å². The highest BCUT2D eigenvalue weighted by atomic mass is 16.3. The minimum absolute atomic E-state index is 0.127. The smallest absolute Gasteiger partial charge is 0.287 e. The first-order valence-electron chi connectivity index (χ1n) is 5.63. The predicted octanol–water partition coefficient (Wildman–Crippen LogP) is 1.49. The van der Waals surface area contributed by atoms with Gasteiger partial charge < -0.3 is 14.6 Å². The molecule has 0 atom stereocenters. The van der Waals surface area contributed by atoms with E-state index in [-0.39, 0.29) is 11.4 Å². The maximum Gasteiger partial charge on any atom is 0.287 e. The fourth-order valence-electron chi connectivity index (χ4n) is 2.11. The minimum atomic E-state index is -0.127. The summed E-state index contributed by atoms with van der Waals surface area (Å²) in [5, 5.41) is 2.93. The van der Waals surface area contributed by atoms with Gasteiger partial charge in [-0.05, 0) is 45.5 Å². The molecular formula is C12H18N2O2. The van der Waals surface area contributed by atoms with Crippen molar-refractivity contribution in [3.63, 3.8) is 0 Å². The highest BCUT2D eigenvalue weighted by molar-refractivity contribution is 5.91. The van der Waals surface area contributed by atoms with Crippen LogP contribution >= 0.6 is 0 Å². The van der Waals surface area contributed by atoms with Crippen LogP contribution in [0.5, 0.6) is 0 Å². The van der Waals surface area contributed by atoms with Gasteiger partial charge in [0.2, 0.25) is 0 Å². The van der Waals surface area contributed by atoms with E-state index >= 15 is 0 Å². The first kappa shape index (κ1) is 11.2. The monoisotopic (exact) mass is 222 g/mol. The Morgan fingerprint density at radius 3 is 2.75 bits per heavy atom. The quantitative estimate of drug-likeness (QED) is 0.839. The van der Waals surface area contributed by atoms with Crippen molar-refractivity contribution in [3.8, 4) is 0 Å². The van der Waals surface area contributed by atoms with E-state index < -0.39 is 0 Å². The van der Waals surface area contributed by atoms with Crippen LogP contribution in [0.4, 0.5) is 0 Å². The number of hydrogen-bond donors (Lipinski definition) is 1. The average molecular weight is 222 g/mol. The van der Waals surface area contributed by atoms with Gasteiger partial charge in [-0.15, -0.1) is 0 Å². The first-order chi connectivity index (χ1) is 7.64. The van der Waals surface area contributed by atoms with Crippen LogP contribution in [0, 0.1) is 0 Å². The molecule has 1 fully saturated rings. The van der Waals surface area contributed by atoms with Crippen molar-refractivity contribution in [2.75, 3.05) is 20.6 Å². The number of hydrogen-bond acceptors (Lipinski definition) is 3. The SMILES string of the molecule is CN(C)C1(CNC(=O)c2ccco2)CCC1. The maximum absolute atomic E-state index is 11.7. The van der Waals surface area contributed by atoms with Crippen molar-refractivity contribution >= 4 is 5.91 Å². The molecule has 1 amide bonds. The Balaban J connectivity index is 1.90. The molecule has 1 aromatic heterocycles. The van der Waals surface area contributed by atoms with E-state index in [1.54, 1.807) is 12.1 Å². The van der Waals surface area contributed by atoms with Crippen LogP contribution in [0.15, 0.2) is 22.8 Å². The number of nitrogens with one attached hydrogen (secondary N) is 1. The van der Waals surface area contributed by atoms with Crippen LogP contribution in [-0.2, 0) is 0 Å². The van der Waals surface area contributed by atoms with E-state index in [2.05, 4.69) is 24.3 Å². The Kier molecular flexibility index (Phi) is 3.01. The number of furan rings is 1. The van der Waals surface area contributed by atoms with Gasteiger partial charge in [0.25, 0.3) is 5.91 Å². The lowest BCUT2D eigenvalue weighted by atomic mass is 9.75. The largest absolute Gasteiger partial charge is 0.459 e. The molecule has 1 saturated carbocycles. The Morgan fingerprint density at radius 1 is 1.56 bits per heavy atom. The van der Waals surface area contributed by atoms with E-state index in [0.29, 0.717) is 12.3 Å². The molecule has 1 aromatic rings. The summed E-state index contributed by atoms with van der Waals surface area (Å²) in [6.07, 6.45) is 5.06. The zero-order valence-corrected chi connectivity index (χ0v) is 9.82. The second kappa shape index (κ2) is 4.29. The fourth-order valence-corrected chi connectivity index (χ4v) is 2.11. The molecule has 16 heavy (non-hydrogen) atoms. The van der Waals surface area contributed by atoms with Gasteiger partial charge in [-0.1, -0.05) is 0 Å². The van der Waals surface area contributed by atoms with Gasteiger partial charge in [0.1, 0.15) is 0 Å². The Labute approximate surface area is 95.6 Å². The molecule has 1 aliphatic rings. The Morgan fingerprint density at radius 2 is 2.31 bits per heavy atom. The number of carbonyl (C=O) groups excluding carboxylic acids is 1. The van der Waals surface area contributed by atoms with Gasteiger partial charge in [-0.25, -0.2) is 0 Å². The lowest BCUT2D eigenvalue weighted by molar-refractivity contribution is 0.0549. The van der Waals surface area contributed by atoms with Gasteiger partial charge in [0, 0.05) is 12.1 Å². The van der Waals surface area contributed by atoms with Crippen molar-refractivity contribution in [1.82, 2.24) is 10.2 Å². The minimum Gasteiger partial charge on any atom is -0.459 e. The van der Waals surface area contributed by atoms with Crippen LogP contribution < -0.4 is 5.32 Å². The molecule has 2 rings (SSSR count). The third-order valence-corrected chi connectivity index (χ3v) is 3.56. The third-order valence-electron chi connectivity index (χ3n) is 3.56. The van der Waals surface area contributed by atoms with Crippen LogP contribution in [0.2, 0.25) is 0 Å². The molecular weight excluding hydrogens is 204 g/mol. The lowest BCUT2D eigenvalue weighted by Gasteiger charge is -2.47. The first-order valence-corrected chi connectivity index (χ1v) is 5.63. The average Bonchev–Trinajstić information content (AvgIpc) is 2.67. The summed E-state index contributed by atoms with van der Waals surface area (Å²) < 4.78 is 5.05.